The number of rotatable bonds is 8. The molecule has 0 atom stereocenters. The molecule has 0 unspecified atom stereocenters. The summed E-state index contributed by atoms with van der Waals surface area (Å²) in [5.74, 6) is -0.288. The van der Waals surface area contributed by atoms with E-state index < -0.39 is 0 Å². The van der Waals surface area contributed by atoms with Crippen LogP contribution in [0.25, 0.3) is 0 Å². The fraction of sp³-hybridized carbons (Fsp3) is 0.556. The zero-order valence-electron chi connectivity index (χ0n) is 14.9. The van der Waals surface area contributed by atoms with Gasteiger partial charge in [0.1, 0.15) is 13.2 Å². The molecule has 1 aromatic carbocycles. The van der Waals surface area contributed by atoms with E-state index >= 15 is 0 Å². The van der Waals surface area contributed by atoms with E-state index in [0.717, 1.165) is 29.9 Å². The molecule has 1 aromatic rings. The molecule has 0 aliphatic carbocycles. The highest BCUT2D eigenvalue weighted by molar-refractivity contribution is 5.93. The molecule has 1 rings (SSSR count). The number of ether oxygens (including phenoxy) is 1. The maximum atomic E-state index is 12.5. The summed E-state index contributed by atoms with van der Waals surface area (Å²) in [6, 6.07) is 5.97. The van der Waals surface area contributed by atoms with Crippen molar-refractivity contribution in [2.75, 3.05) is 38.1 Å². The molecule has 0 aliphatic rings. The lowest BCUT2D eigenvalue weighted by atomic mass is 10.1. The van der Waals surface area contributed by atoms with Gasteiger partial charge < -0.3 is 14.5 Å². The maximum absolute atomic E-state index is 12.5. The van der Waals surface area contributed by atoms with Crippen LogP contribution in [0.5, 0.6) is 0 Å². The number of carbonyl (C=O) groups excluding carboxylic acids is 2. The number of quaternary nitrogens is 1. The lowest BCUT2D eigenvalue weighted by Crippen LogP contribution is -2.54. The Morgan fingerprint density at radius 3 is 2.17 bits per heavy atom. The molecule has 0 aliphatic heterocycles. The third-order valence-electron chi connectivity index (χ3n) is 4.44. The predicted molar refractivity (Wildman–Crippen MR) is 92.3 cm³/mol. The second kappa shape index (κ2) is 8.67. The van der Waals surface area contributed by atoms with Gasteiger partial charge in [-0.25, -0.2) is 0 Å². The molecule has 128 valence electrons. The first-order chi connectivity index (χ1) is 10.8. The van der Waals surface area contributed by atoms with Gasteiger partial charge in [-0.3, -0.25) is 9.59 Å². The van der Waals surface area contributed by atoms with E-state index in [1.807, 2.05) is 32.0 Å². The van der Waals surface area contributed by atoms with Crippen LogP contribution < -0.4 is 5.32 Å². The van der Waals surface area contributed by atoms with Gasteiger partial charge in [-0.1, -0.05) is 18.2 Å². The minimum Gasteiger partial charge on any atom is -0.460 e. The molecule has 0 saturated heterocycles. The Balaban J connectivity index is 2.75. The van der Waals surface area contributed by atoms with Gasteiger partial charge in [0, 0.05) is 12.6 Å². The number of hydrogen-bond donors (Lipinski definition) is 1. The summed E-state index contributed by atoms with van der Waals surface area (Å²) in [6.07, 6.45) is 0. The van der Waals surface area contributed by atoms with E-state index in [4.69, 9.17) is 4.74 Å². The largest absolute Gasteiger partial charge is 0.460 e. The number of hydrogen-bond acceptors (Lipinski definition) is 3. The van der Waals surface area contributed by atoms with Gasteiger partial charge in [0.05, 0.1) is 13.1 Å². The Bertz CT molecular complexity index is 531. The summed E-state index contributed by atoms with van der Waals surface area (Å²) in [7, 11) is 0. The minimum atomic E-state index is -0.282. The van der Waals surface area contributed by atoms with Crippen molar-refractivity contribution >= 4 is 17.6 Å². The summed E-state index contributed by atoms with van der Waals surface area (Å²) in [4.78, 5) is 23.4. The first kappa shape index (κ1) is 19.2. The van der Waals surface area contributed by atoms with Crippen LogP contribution in [0.15, 0.2) is 18.2 Å². The highest BCUT2D eigenvalue weighted by Gasteiger charge is 2.27. The molecule has 23 heavy (non-hydrogen) atoms. The number of carbonyl (C=O) groups is 2. The van der Waals surface area contributed by atoms with Crippen LogP contribution in [0.4, 0.5) is 5.69 Å². The quantitative estimate of drug-likeness (QED) is 0.591. The summed E-state index contributed by atoms with van der Waals surface area (Å²) < 4.78 is 5.65. The lowest BCUT2D eigenvalue weighted by Gasteiger charge is -2.36. The van der Waals surface area contributed by atoms with Crippen molar-refractivity contribution in [3.8, 4) is 0 Å². The van der Waals surface area contributed by atoms with Crippen LogP contribution in [-0.2, 0) is 14.3 Å². The normalized spacial score (nSPS) is 11.2. The molecular formula is C18H29N2O3+. The van der Waals surface area contributed by atoms with Crippen molar-refractivity contribution in [3.05, 3.63) is 29.3 Å². The Kier molecular flexibility index (Phi) is 7.23. The molecule has 0 spiro atoms. The zero-order chi connectivity index (χ0) is 17.5. The summed E-state index contributed by atoms with van der Waals surface area (Å²) in [5.41, 5.74) is 3.01. The standard InChI is InChI=1S/C18H28N2O3/c1-6-20(7-2,11-12-23-16(5)21)13-17(22)19-18-14(3)9-8-10-15(18)4/h8-10H,6-7,11-13H2,1-5H3/p+1. The molecule has 0 radical (unpaired) electrons. The fourth-order valence-corrected chi connectivity index (χ4v) is 2.72. The van der Waals surface area contributed by atoms with Gasteiger partial charge in [0.2, 0.25) is 0 Å². The molecule has 0 heterocycles. The zero-order valence-corrected chi connectivity index (χ0v) is 14.9. The van der Waals surface area contributed by atoms with Crippen molar-refractivity contribution in [1.82, 2.24) is 0 Å². The second-order valence-corrected chi connectivity index (χ2v) is 6.01. The topological polar surface area (TPSA) is 55.4 Å². The first-order valence-electron chi connectivity index (χ1n) is 8.18. The average molecular weight is 321 g/mol. The first-order valence-corrected chi connectivity index (χ1v) is 8.18. The van der Waals surface area contributed by atoms with Crippen molar-refractivity contribution in [2.45, 2.75) is 34.6 Å². The SMILES string of the molecule is CC[N+](CC)(CCOC(C)=O)CC(=O)Nc1c(C)cccc1C. The summed E-state index contributed by atoms with van der Waals surface area (Å²) in [5, 5.41) is 3.04. The van der Waals surface area contributed by atoms with Gasteiger partial charge in [0.25, 0.3) is 5.91 Å². The Morgan fingerprint density at radius 2 is 1.70 bits per heavy atom. The van der Waals surface area contributed by atoms with Gasteiger partial charge in [-0.15, -0.1) is 0 Å². The van der Waals surface area contributed by atoms with Gasteiger partial charge in [-0.05, 0) is 38.8 Å². The molecule has 1 amide bonds. The van der Waals surface area contributed by atoms with Gasteiger partial charge in [-0.2, -0.15) is 0 Å². The number of amides is 1. The highest BCUT2D eigenvalue weighted by Crippen LogP contribution is 2.19. The van der Waals surface area contributed by atoms with E-state index in [0.29, 0.717) is 24.2 Å². The molecule has 0 aromatic heterocycles. The van der Waals surface area contributed by atoms with Crippen molar-refractivity contribution in [3.63, 3.8) is 0 Å². The number of benzene rings is 1. The second-order valence-electron chi connectivity index (χ2n) is 6.01. The summed E-state index contributed by atoms with van der Waals surface area (Å²) in [6.45, 7) is 12.5. The molecule has 0 saturated carbocycles. The van der Waals surface area contributed by atoms with E-state index in [9.17, 15) is 9.59 Å². The Labute approximate surface area is 139 Å². The monoisotopic (exact) mass is 321 g/mol. The van der Waals surface area contributed by atoms with Crippen LogP contribution >= 0.6 is 0 Å². The lowest BCUT2D eigenvalue weighted by molar-refractivity contribution is -0.917. The number of likely N-dealkylation sites (N-methyl/N-ethyl adjacent to an activating group) is 1. The predicted octanol–water partition coefficient (Wildman–Crippen LogP) is 2.66. The summed E-state index contributed by atoms with van der Waals surface area (Å²) >= 11 is 0. The molecular weight excluding hydrogens is 292 g/mol. The number of anilines is 1. The number of esters is 1. The number of para-hydroxylation sites is 1. The van der Waals surface area contributed by atoms with Crippen LogP contribution in [0.1, 0.15) is 31.9 Å². The highest BCUT2D eigenvalue weighted by atomic mass is 16.5. The average Bonchev–Trinajstić information content (AvgIpc) is 2.49. The van der Waals surface area contributed by atoms with Crippen LogP contribution in [0.3, 0.4) is 0 Å². The fourth-order valence-electron chi connectivity index (χ4n) is 2.72. The molecule has 5 nitrogen and oxygen atoms in total. The molecule has 1 N–H and O–H groups in total. The number of nitrogens with zero attached hydrogens (tertiary/aromatic N) is 1. The molecule has 5 heteroatoms. The van der Waals surface area contributed by atoms with E-state index in [1.54, 1.807) is 0 Å². The van der Waals surface area contributed by atoms with Crippen molar-refractivity contribution in [1.29, 1.82) is 0 Å². The van der Waals surface area contributed by atoms with Crippen LogP contribution in [0.2, 0.25) is 0 Å². The number of nitrogens with one attached hydrogen (secondary N) is 1. The van der Waals surface area contributed by atoms with Crippen LogP contribution in [-0.4, -0.2) is 49.1 Å². The van der Waals surface area contributed by atoms with Gasteiger partial charge in [0.15, 0.2) is 6.54 Å². The van der Waals surface area contributed by atoms with Gasteiger partial charge >= 0.3 is 5.97 Å². The van der Waals surface area contributed by atoms with Crippen molar-refractivity contribution < 1.29 is 18.8 Å². The number of aryl methyl sites for hydroxylation is 2. The molecule has 0 fully saturated rings. The van der Waals surface area contributed by atoms with Crippen LogP contribution in [0, 0.1) is 13.8 Å². The van der Waals surface area contributed by atoms with Crippen molar-refractivity contribution in [2.24, 2.45) is 0 Å². The minimum absolute atomic E-state index is 0.00562. The molecule has 0 bridgehead atoms. The van der Waals surface area contributed by atoms with E-state index in [2.05, 4.69) is 19.2 Å². The Hall–Kier alpha value is -1.88. The smallest absolute Gasteiger partial charge is 0.302 e. The Morgan fingerprint density at radius 1 is 1.13 bits per heavy atom. The maximum Gasteiger partial charge on any atom is 0.302 e. The van der Waals surface area contributed by atoms with E-state index in [-0.39, 0.29) is 11.9 Å². The van der Waals surface area contributed by atoms with E-state index in [1.165, 1.54) is 6.92 Å². The third-order valence-corrected chi connectivity index (χ3v) is 4.44. The third kappa shape index (κ3) is 5.67.